The number of carbonyl (C=O) groups excluding carboxylic acids is 3. The van der Waals surface area contributed by atoms with Crippen molar-refractivity contribution in [2.75, 3.05) is 30.0 Å². The number of methoxy groups -OCH3 is 1. The Bertz CT molecular complexity index is 1800. The van der Waals surface area contributed by atoms with E-state index in [0.717, 1.165) is 70.2 Å². The molecule has 2 fully saturated rings. The number of amides is 2. The minimum absolute atomic E-state index is 0.0269. The quantitative estimate of drug-likeness (QED) is 0.202. The van der Waals surface area contributed by atoms with Gasteiger partial charge >= 0.3 is 24.1 Å². The molecule has 0 radical (unpaired) electrons. The van der Waals surface area contributed by atoms with Crippen LogP contribution in [0.1, 0.15) is 141 Å². The number of likely N-dealkylation sites (tertiary alicyclic amines) is 2. The number of esters is 1. The van der Waals surface area contributed by atoms with Gasteiger partial charge in [0.1, 0.15) is 11.2 Å². The largest absolute Gasteiger partial charge is 0.478 e. The lowest BCUT2D eigenvalue weighted by atomic mass is 9.91. The Morgan fingerprint density at radius 1 is 0.661 bits per heavy atom. The summed E-state index contributed by atoms with van der Waals surface area (Å²) in [4.78, 5) is 57.6. The van der Waals surface area contributed by atoms with Crippen molar-refractivity contribution in [1.82, 2.24) is 9.80 Å². The van der Waals surface area contributed by atoms with Crippen molar-refractivity contribution in [1.29, 1.82) is 0 Å². The van der Waals surface area contributed by atoms with Gasteiger partial charge in [0.15, 0.2) is 0 Å². The second-order valence-corrected chi connectivity index (χ2v) is 19.8. The number of piperidine rings is 2. The van der Waals surface area contributed by atoms with Gasteiger partial charge in [-0.25, -0.2) is 19.2 Å². The van der Waals surface area contributed by atoms with Crippen LogP contribution in [0.5, 0.6) is 0 Å². The Hall–Kier alpha value is -3.52. The Balaban J connectivity index is 0.000000316. The van der Waals surface area contributed by atoms with E-state index in [2.05, 4.69) is 89.3 Å². The third-order valence-corrected chi connectivity index (χ3v) is 12.0. The molecule has 0 spiro atoms. The molecule has 14 heteroatoms. The van der Waals surface area contributed by atoms with Gasteiger partial charge in [-0.3, -0.25) is 0 Å². The van der Waals surface area contributed by atoms with E-state index in [0.29, 0.717) is 11.1 Å². The number of rotatable bonds is 8. The van der Waals surface area contributed by atoms with Gasteiger partial charge in [-0.1, -0.05) is 31.9 Å². The summed E-state index contributed by atoms with van der Waals surface area (Å²) in [6, 6.07) is 8.10. The van der Waals surface area contributed by atoms with Crippen molar-refractivity contribution in [2.24, 2.45) is 0 Å². The lowest BCUT2D eigenvalue weighted by Crippen LogP contribution is -2.56. The van der Waals surface area contributed by atoms with Gasteiger partial charge in [0.25, 0.3) is 0 Å². The van der Waals surface area contributed by atoms with Crippen molar-refractivity contribution in [2.45, 2.75) is 170 Å². The van der Waals surface area contributed by atoms with Crippen molar-refractivity contribution in [3.63, 3.8) is 0 Å². The van der Waals surface area contributed by atoms with Gasteiger partial charge in [-0.15, -0.1) is 0 Å². The number of anilines is 2. The van der Waals surface area contributed by atoms with Crippen LogP contribution >= 0.6 is 31.9 Å². The summed E-state index contributed by atoms with van der Waals surface area (Å²) in [7, 11) is 1.40. The molecule has 2 aromatic carbocycles. The molecule has 2 aliphatic heterocycles. The average Bonchev–Trinajstić information content (AvgIpc) is 3.09. The van der Waals surface area contributed by atoms with Gasteiger partial charge in [0.2, 0.25) is 0 Å². The second kappa shape index (κ2) is 20.4. The molecule has 1 N–H and O–H groups in total. The number of nitrogens with zero attached hydrogens (tertiary/aromatic N) is 4. The first-order chi connectivity index (χ1) is 27.2. The fourth-order valence-corrected chi connectivity index (χ4v) is 9.56. The van der Waals surface area contributed by atoms with Crippen LogP contribution in [-0.2, 0) is 14.2 Å². The maximum atomic E-state index is 12.7. The molecule has 0 unspecified atom stereocenters. The van der Waals surface area contributed by atoms with E-state index >= 15 is 0 Å². The lowest BCUT2D eigenvalue weighted by molar-refractivity contribution is -0.00367. The lowest BCUT2D eigenvalue weighted by Gasteiger charge is -2.47. The van der Waals surface area contributed by atoms with E-state index in [1.165, 1.54) is 7.11 Å². The van der Waals surface area contributed by atoms with Crippen LogP contribution in [0.25, 0.3) is 0 Å². The molecule has 330 valence electrons. The minimum atomic E-state index is -0.928. The maximum Gasteiger partial charge on any atom is 0.410 e. The number of carbonyl (C=O) groups is 4. The number of hydrogen-bond acceptors (Lipinski definition) is 9. The van der Waals surface area contributed by atoms with Crippen LogP contribution < -0.4 is 9.80 Å². The molecule has 4 rings (SSSR count). The highest BCUT2D eigenvalue weighted by Gasteiger charge is 2.40. The van der Waals surface area contributed by atoms with Gasteiger partial charge in [-0.05, 0) is 158 Å². The van der Waals surface area contributed by atoms with Gasteiger partial charge in [-0.2, -0.15) is 0 Å². The van der Waals surface area contributed by atoms with E-state index in [4.69, 9.17) is 14.2 Å². The molecule has 0 bridgehead atoms. The number of aromatic carboxylic acids is 1. The summed E-state index contributed by atoms with van der Waals surface area (Å²) in [6.07, 6.45) is 2.73. The van der Waals surface area contributed by atoms with Gasteiger partial charge in [0.05, 0.1) is 18.2 Å². The van der Waals surface area contributed by atoms with Gasteiger partial charge in [0, 0.05) is 69.7 Å². The number of carboxylic acid groups (broad SMARTS) is 1. The number of halogens is 2. The van der Waals surface area contributed by atoms with Crippen molar-refractivity contribution in [3.05, 3.63) is 55.5 Å². The summed E-state index contributed by atoms with van der Waals surface area (Å²) in [5, 5.41) is 9.55. The van der Waals surface area contributed by atoms with Gasteiger partial charge < -0.3 is 38.9 Å². The average molecular weight is 953 g/mol. The third kappa shape index (κ3) is 12.8. The molecule has 12 nitrogen and oxygen atoms in total. The molecule has 0 saturated carbocycles. The number of carboxylic acids is 1. The first-order valence-electron chi connectivity index (χ1n) is 20.7. The summed E-state index contributed by atoms with van der Waals surface area (Å²) in [5.74, 6) is -1.27. The monoisotopic (exact) mass is 950 g/mol. The zero-order valence-corrected chi connectivity index (χ0v) is 41.0. The first kappa shape index (κ1) is 49.8. The molecular formula is C45H68Br2N4O8. The highest BCUT2D eigenvalue weighted by molar-refractivity contribution is 9.10. The van der Waals surface area contributed by atoms with Crippen molar-refractivity contribution < 1.29 is 38.5 Å². The summed E-state index contributed by atoms with van der Waals surface area (Å²) in [6.45, 7) is 29.1. The molecule has 0 aromatic heterocycles. The summed E-state index contributed by atoms with van der Waals surface area (Å²) < 4.78 is 17.8. The Morgan fingerprint density at radius 2 is 0.983 bits per heavy atom. The van der Waals surface area contributed by atoms with Crippen LogP contribution in [0.15, 0.2) is 33.2 Å². The normalized spacial score (nSPS) is 22.1. The molecule has 2 aliphatic rings. The molecule has 2 amide bonds. The minimum Gasteiger partial charge on any atom is -0.478 e. The highest BCUT2D eigenvalue weighted by atomic mass is 79.9. The van der Waals surface area contributed by atoms with E-state index in [1.54, 1.807) is 12.1 Å². The second-order valence-electron chi connectivity index (χ2n) is 18.0. The van der Waals surface area contributed by atoms with E-state index in [1.807, 2.05) is 71.3 Å². The van der Waals surface area contributed by atoms with Crippen LogP contribution in [0.4, 0.5) is 21.0 Å². The molecule has 2 saturated heterocycles. The number of hydrogen-bond donors (Lipinski definition) is 1. The SMILES string of the molecule is CCN(c1cc(Br)cc(C(=O)O)c1C)C1C[C@@H](C)N(C(=O)OC(C)(C)C)[C@H](C)C1.CCN(c1cc(Br)cc(C(=O)OC)c1C)C1C[C@@H](C)N(C(=O)OC(C)(C)C)[C@H](C)C1. The summed E-state index contributed by atoms with van der Waals surface area (Å²) >= 11 is 7.00. The van der Waals surface area contributed by atoms with E-state index in [9.17, 15) is 24.3 Å². The fraction of sp³-hybridized carbons (Fsp3) is 0.644. The predicted octanol–water partition coefficient (Wildman–Crippen LogP) is 11.0. The molecule has 2 heterocycles. The van der Waals surface area contributed by atoms with Crippen LogP contribution in [0.2, 0.25) is 0 Å². The van der Waals surface area contributed by atoms with Crippen LogP contribution in [0.3, 0.4) is 0 Å². The maximum absolute atomic E-state index is 12.7. The smallest absolute Gasteiger partial charge is 0.410 e. The number of benzene rings is 2. The van der Waals surface area contributed by atoms with Crippen LogP contribution in [-0.4, -0.2) is 107 Å². The van der Waals surface area contributed by atoms with E-state index < -0.39 is 17.2 Å². The molecule has 0 aliphatic carbocycles. The third-order valence-electron chi connectivity index (χ3n) is 11.1. The molecular weight excluding hydrogens is 884 g/mol. The fourth-order valence-electron chi connectivity index (χ4n) is 8.67. The molecule has 2 aromatic rings. The first-order valence-corrected chi connectivity index (χ1v) is 22.3. The topological polar surface area (TPSA) is 129 Å². The van der Waals surface area contributed by atoms with E-state index in [-0.39, 0.29) is 54.4 Å². The predicted molar refractivity (Wildman–Crippen MR) is 242 cm³/mol. The summed E-state index contributed by atoms with van der Waals surface area (Å²) in [5.41, 5.74) is 3.44. The number of ether oxygens (including phenoxy) is 3. The Labute approximate surface area is 369 Å². The molecule has 4 atom stereocenters. The zero-order chi connectivity index (χ0) is 44.9. The Morgan fingerprint density at radius 3 is 1.27 bits per heavy atom. The van der Waals surface area contributed by atoms with Crippen molar-refractivity contribution in [3.8, 4) is 0 Å². The molecule has 59 heavy (non-hydrogen) atoms. The zero-order valence-electron chi connectivity index (χ0n) is 37.9. The van der Waals surface area contributed by atoms with Crippen molar-refractivity contribution >= 4 is 67.4 Å². The standard InChI is InChI=1S/C23H35BrN2O4.C22H33BrN2O4/c1-9-25(20-13-17(24)12-19(16(20)4)21(27)29-8)18-10-14(2)26(15(3)11-18)22(28)30-23(5,6)7;1-8-24(19-12-16(23)11-18(15(19)4)20(26)27)17-9-13(2)25(14(3)10-17)21(28)29-22(5,6)7/h12-15,18H,9-11H2,1-8H3;11-14,17H,8-10H2,1-7H3,(H,26,27)/t14-,15-;13-,14-/m11/s1. The van der Waals surface area contributed by atoms with Crippen LogP contribution in [0, 0.1) is 13.8 Å². The highest BCUT2D eigenvalue weighted by Crippen LogP contribution is 2.37. The Kier molecular flexibility index (Phi) is 17.2.